The van der Waals surface area contributed by atoms with E-state index in [2.05, 4.69) is 9.64 Å². The van der Waals surface area contributed by atoms with Gasteiger partial charge in [-0.1, -0.05) is 0 Å². The molecular weight excluding hydrogens is 178 g/mol. The summed E-state index contributed by atoms with van der Waals surface area (Å²) in [6, 6.07) is -0.0475. The molecule has 0 aromatic carbocycles. The largest absolute Gasteiger partial charge is 0.468 e. The highest BCUT2D eigenvalue weighted by atomic mass is 35.5. The van der Waals surface area contributed by atoms with Crippen LogP contribution in [0, 0.1) is 0 Å². The third-order valence-electron chi connectivity index (χ3n) is 2.21. The second-order valence-electron chi connectivity index (χ2n) is 2.91. The van der Waals surface area contributed by atoms with Crippen LogP contribution in [-0.4, -0.2) is 43.0 Å². The number of hydrogen-bond acceptors (Lipinski definition) is 3. The summed E-state index contributed by atoms with van der Waals surface area (Å²) < 4.78 is 4.69. The van der Waals surface area contributed by atoms with Gasteiger partial charge in [-0.2, -0.15) is 0 Å². The average Bonchev–Trinajstić information content (AvgIpc) is 2.52. The van der Waals surface area contributed by atoms with E-state index in [9.17, 15) is 4.79 Å². The number of methoxy groups -OCH3 is 1. The molecule has 0 aliphatic carbocycles. The fraction of sp³-hybridized carbons (Fsp3) is 0.875. The Hall–Kier alpha value is -0.280. The molecule has 4 heteroatoms. The van der Waals surface area contributed by atoms with Crippen molar-refractivity contribution in [1.82, 2.24) is 4.90 Å². The van der Waals surface area contributed by atoms with Crippen LogP contribution >= 0.6 is 11.6 Å². The summed E-state index contributed by atoms with van der Waals surface area (Å²) in [5.74, 6) is 0.450. The minimum Gasteiger partial charge on any atom is -0.468 e. The van der Waals surface area contributed by atoms with Gasteiger partial charge in [0, 0.05) is 12.4 Å². The third kappa shape index (κ3) is 2.11. The Kier molecular flexibility index (Phi) is 3.82. The summed E-state index contributed by atoms with van der Waals surface area (Å²) in [4.78, 5) is 13.3. The summed E-state index contributed by atoms with van der Waals surface area (Å²) in [7, 11) is 1.43. The number of carbonyl (C=O) groups is 1. The van der Waals surface area contributed by atoms with E-state index in [0.29, 0.717) is 5.88 Å². The van der Waals surface area contributed by atoms with Gasteiger partial charge < -0.3 is 4.74 Å². The van der Waals surface area contributed by atoms with Crippen molar-refractivity contribution in [2.24, 2.45) is 0 Å². The van der Waals surface area contributed by atoms with Crippen molar-refractivity contribution in [3.05, 3.63) is 0 Å². The highest BCUT2D eigenvalue weighted by Gasteiger charge is 2.30. The number of ether oxygens (including phenoxy) is 1. The highest BCUT2D eigenvalue weighted by molar-refractivity contribution is 6.18. The van der Waals surface area contributed by atoms with Crippen molar-refractivity contribution in [2.75, 3.05) is 26.1 Å². The zero-order valence-electron chi connectivity index (χ0n) is 7.25. The lowest BCUT2D eigenvalue weighted by Crippen LogP contribution is -2.37. The fourth-order valence-electron chi connectivity index (χ4n) is 1.61. The number of carbonyl (C=O) groups excluding carboxylic acids is 1. The van der Waals surface area contributed by atoms with Crippen LogP contribution in [0.2, 0.25) is 0 Å². The van der Waals surface area contributed by atoms with E-state index in [0.717, 1.165) is 25.9 Å². The quantitative estimate of drug-likeness (QED) is 0.490. The fourth-order valence-corrected chi connectivity index (χ4v) is 1.82. The molecule has 1 aliphatic rings. The molecule has 12 heavy (non-hydrogen) atoms. The lowest BCUT2D eigenvalue weighted by molar-refractivity contribution is -0.145. The molecular formula is C8H14ClNO2. The molecule has 0 radical (unpaired) electrons. The lowest BCUT2D eigenvalue weighted by Gasteiger charge is -2.20. The number of rotatable bonds is 3. The monoisotopic (exact) mass is 191 g/mol. The van der Waals surface area contributed by atoms with Crippen LogP contribution in [0.3, 0.4) is 0 Å². The molecule has 0 amide bonds. The number of hydrogen-bond donors (Lipinski definition) is 0. The molecule has 0 saturated carbocycles. The summed E-state index contributed by atoms with van der Waals surface area (Å²) in [6.45, 7) is 1.74. The number of likely N-dealkylation sites (tertiary alicyclic amines) is 1. The molecule has 3 nitrogen and oxygen atoms in total. The molecule has 0 N–H and O–H groups in total. The minimum atomic E-state index is -0.127. The van der Waals surface area contributed by atoms with Gasteiger partial charge in [-0.3, -0.25) is 9.69 Å². The standard InChI is InChI=1S/C8H14ClNO2/c1-12-8(11)7-3-2-5-10(7)6-4-9/h7H,2-6H2,1H3/t7-/m1/s1. The Labute approximate surface area is 77.6 Å². The van der Waals surface area contributed by atoms with Crippen molar-refractivity contribution >= 4 is 17.6 Å². The Morgan fingerprint density at radius 1 is 1.75 bits per heavy atom. The predicted molar refractivity (Wildman–Crippen MR) is 47.3 cm³/mol. The van der Waals surface area contributed by atoms with E-state index in [-0.39, 0.29) is 12.0 Å². The number of alkyl halides is 1. The number of esters is 1. The van der Waals surface area contributed by atoms with Crippen LogP contribution in [0.15, 0.2) is 0 Å². The summed E-state index contributed by atoms with van der Waals surface area (Å²) in [5.41, 5.74) is 0. The van der Waals surface area contributed by atoms with Crippen LogP contribution in [0.1, 0.15) is 12.8 Å². The van der Waals surface area contributed by atoms with E-state index in [1.165, 1.54) is 7.11 Å². The zero-order chi connectivity index (χ0) is 8.97. The molecule has 1 heterocycles. The Morgan fingerprint density at radius 2 is 2.50 bits per heavy atom. The lowest BCUT2D eigenvalue weighted by atomic mass is 10.2. The molecule has 0 spiro atoms. The third-order valence-corrected chi connectivity index (χ3v) is 2.38. The van der Waals surface area contributed by atoms with Crippen LogP contribution < -0.4 is 0 Å². The molecule has 1 atom stereocenters. The van der Waals surface area contributed by atoms with E-state index < -0.39 is 0 Å². The summed E-state index contributed by atoms with van der Waals surface area (Å²) >= 11 is 5.60. The van der Waals surface area contributed by atoms with Crippen molar-refractivity contribution in [1.29, 1.82) is 0 Å². The van der Waals surface area contributed by atoms with Crippen LogP contribution in [-0.2, 0) is 9.53 Å². The maximum absolute atomic E-state index is 11.2. The normalized spacial score (nSPS) is 24.3. The highest BCUT2D eigenvalue weighted by Crippen LogP contribution is 2.17. The van der Waals surface area contributed by atoms with Gasteiger partial charge in [0.15, 0.2) is 0 Å². The first-order valence-electron chi connectivity index (χ1n) is 4.17. The van der Waals surface area contributed by atoms with Crippen molar-refractivity contribution < 1.29 is 9.53 Å². The summed E-state index contributed by atoms with van der Waals surface area (Å²) in [6.07, 6.45) is 1.97. The first-order valence-corrected chi connectivity index (χ1v) is 4.71. The number of nitrogens with zero attached hydrogens (tertiary/aromatic N) is 1. The summed E-state index contributed by atoms with van der Waals surface area (Å²) in [5, 5.41) is 0. The van der Waals surface area contributed by atoms with Gasteiger partial charge in [-0.05, 0) is 19.4 Å². The van der Waals surface area contributed by atoms with Gasteiger partial charge in [0.05, 0.1) is 7.11 Å². The van der Waals surface area contributed by atoms with Gasteiger partial charge in [0.1, 0.15) is 6.04 Å². The van der Waals surface area contributed by atoms with Gasteiger partial charge in [-0.25, -0.2) is 0 Å². The SMILES string of the molecule is COC(=O)[C@H]1CCCN1CCCl. The molecule has 1 saturated heterocycles. The molecule has 0 bridgehead atoms. The van der Waals surface area contributed by atoms with E-state index in [1.54, 1.807) is 0 Å². The zero-order valence-corrected chi connectivity index (χ0v) is 8.01. The van der Waals surface area contributed by atoms with E-state index >= 15 is 0 Å². The van der Waals surface area contributed by atoms with Crippen LogP contribution in [0.25, 0.3) is 0 Å². The first-order chi connectivity index (χ1) is 5.79. The predicted octanol–water partition coefficient (Wildman–Crippen LogP) is 0.863. The molecule has 0 unspecified atom stereocenters. The molecule has 1 rings (SSSR count). The molecule has 0 aromatic rings. The Morgan fingerprint density at radius 3 is 3.08 bits per heavy atom. The molecule has 1 fully saturated rings. The second-order valence-corrected chi connectivity index (χ2v) is 3.28. The van der Waals surface area contributed by atoms with Crippen molar-refractivity contribution in [3.8, 4) is 0 Å². The van der Waals surface area contributed by atoms with Gasteiger partial charge in [-0.15, -0.1) is 11.6 Å². The molecule has 70 valence electrons. The maximum atomic E-state index is 11.2. The molecule has 0 aromatic heterocycles. The van der Waals surface area contributed by atoms with Crippen molar-refractivity contribution in [2.45, 2.75) is 18.9 Å². The van der Waals surface area contributed by atoms with Crippen molar-refractivity contribution in [3.63, 3.8) is 0 Å². The smallest absolute Gasteiger partial charge is 0.323 e. The van der Waals surface area contributed by atoms with Crippen LogP contribution in [0.5, 0.6) is 0 Å². The van der Waals surface area contributed by atoms with Gasteiger partial charge in [0.2, 0.25) is 0 Å². The van der Waals surface area contributed by atoms with E-state index in [1.807, 2.05) is 0 Å². The second kappa shape index (κ2) is 4.67. The minimum absolute atomic E-state index is 0.0475. The average molecular weight is 192 g/mol. The van der Waals surface area contributed by atoms with E-state index in [4.69, 9.17) is 11.6 Å². The molecule has 1 aliphatic heterocycles. The first kappa shape index (κ1) is 9.81. The van der Waals surface area contributed by atoms with Gasteiger partial charge in [0.25, 0.3) is 0 Å². The van der Waals surface area contributed by atoms with Gasteiger partial charge >= 0.3 is 5.97 Å². The van der Waals surface area contributed by atoms with Crippen LogP contribution in [0.4, 0.5) is 0 Å². The Bertz CT molecular complexity index is 163. The Balaban J connectivity index is 2.45. The topological polar surface area (TPSA) is 29.5 Å². The number of halogens is 1. The maximum Gasteiger partial charge on any atom is 0.323 e.